The molecular weight excluding hydrogens is 247 g/mol. The number of nitrogens with zero attached hydrogens (tertiary/aromatic N) is 1. The van der Waals surface area contributed by atoms with Crippen LogP contribution in [0, 0.1) is 11.7 Å². The van der Waals surface area contributed by atoms with E-state index in [2.05, 4.69) is 5.32 Å². The molecule has 5 heteroatoms. The first-order valence-electron chi connectivity index (χ1n) is 6.45. The van der Waals surface area contributed by atoms with Crippen LogP contribution in [0.5, 0.6) is 0 Å². The Labute approximate surface area is 111 Å². The van der Waals surface area contributed by atoms with Gasteiger partial charge in [-0.05, 0) is 30.7 Å². The molecule has 1 aliphatic rings. The normalized spacial score (nSPS) is 18.7. The van der Waals surface area contributed by atoms with Gasteiger partial charge < -0.3 is 10.2 Å². The van der Waals surface area contributed by atoms with Crippen LogP contribution in [-0.2, 0) is 9.59 Å². The van der Waals surface area contributed by atoms with Gasteiger partial charge in [0.25, 0.3) is 0 Å². The molecule has 19 heavy (non-hydrogen) atoms. The van der Waals surface area contributed by atoms with Gasteiger partial charge in [0.05, 0.1) is 5.92 Å². The summed E-state index contributed by atoms with van der Waals surface area (Å²) in [6.45, 7) is 2.96. The third-order valence-corrected chi connectivity index (χ3v) is 3.18. The van der Waals surface area contributed by atoms with E-state index in [9.17, 15) is 14.0 Å². The zero-order valence-corrected chi connectivity index (χ0v) is 10.9. The van der Waals surface area contributed by atoms with E-state index in [4.69, 9.17) is 0 Å². The van der Waals surface area contributed by atoms with E-state index in [1.165, 1.54) is 17.0 Å². The van der Waals surface area contributed by atoms with E-state index in [0.717, 1.165) is 6.42 Å². The summed E-state index contributed by atoms with van der Waals surface area (Å²) in [6.07, 6.45) is 1.08. The maximum absolute atomic E-state index is 12.8. The molecule has 0 aliphatic carbocycles. The first-order chi connectivity index (χ1) is 9.11. The number of carbonyl (C=O) groups is 2. The SMILES string of the molecule is CCCNC(=O)C1CC(=O)N(c2ccc(F)cc2)C1. The van der Waals surface area contributed by atoms with Crippen LogP contribution in [0.3, 0.4) is 0 Å². The van der Waals surface area contributed by atoms with Gasteiger partial charge in [0.2, 0.25) is 11.8 Å². The maximum atomic E-state index is 12.8. The highest BCUT2D eigenvalue weighted by molar-refractivity contribution is 6.00. The molecule has 0 aromatic heterocycles. The highest BCUT2D eigenvalue weighted by atomic mass is 19.1. The monoisotopic (exact) mass is 264 g/mol. The van der Waals surface area contributed by atoms with Gasteiger partial charge in [-0.15, -0.1) is 0 Å². The van der Waals surface area contributed by atoms with E-state index < -0.39 is 0 Å². The Morgan fingerprint density at radius 3 is 2.74 bits per heavy atom. The minimum atomic E-state index is -0.340. The zero-order valence-electron chi connectivity index (χ0n) is 10.9. The van der Waals surface area contributed by atoms with E-state index >= 15 is 0 Å². The second-order valence-corrected chi connectivity index (χ2v) is 4.67. The lowest BCUT2D eigenvalue weighted by atomic mass is 10.1. The molecule has 1 N–H and O–H groups in total. The summed E-state index contributed by atoms with van der Waals surface area (Å²) in [5.74, 6) is -0.834. The van der Waals surface area contributed by atoms with Gasteiger partial charge >= 0.3 is 0 Å². The third kappa shape index (κ3) is 3.10. The average Bonchev–Trinajstić information content (AvgIpc) is 2.79. The zero-order chi connectivity index (χ0) is 13.8. The van der Waals surface area contributed by atoms with Crippen LogP contribution in [0.1, 0.15) is 19.8 Å². The first kappa shape index (κ1) is 13.5. The van der Waals surface area contributed by atoms with Crippen LogP contribution in [-0.4, -0.2) is 24.9 Å². The quantitative estimate of drug-likeness (QED) is 0.900. The molecule has 1 fully saturated rings. The van der Waals surface area contributed by atoms with Gasteiger partial charge in [-0.1, -0.05) is 6.92 Å². The lowest BCUT2D eigenvalue weighted by molar-refractivity contribution is -0.126. The van der Waals surface area contributed by atoms with Crippen LogP contribution in [0.2, 0.25) is 0 Å². The fourth-order valence-corrected chi connectivity index (χ4v) is 2.15. The van der Waals surface area contributed by atoms with Gasteiger partial charge in [-0.3, -0.25) is 9.59 Å². The lowest BCUT2D eigenvalue weighted by Gasteiger charge is -2.16. The van der Waals surface area contributed by atoms with Gasteiger partial charge in [0.1, 0.15) is 5.82 Å². The maximum Gasteiger partial charge on any atom is 0.227 e. The summed E-state index contributed by atoms with van der Waals surface area (Å²) in [7, 11) is 0. The van der Waals surface area contributed by atoms with Crippen LogP contribution in [0.15, 0.2) is 24.3 Å². The number of nitrogens with one attached hydrogen (secondary N) is 1. The summed E-state index contributed by atoms with van der Waals surface area (Å²) >= 11 is 0. The Bertz CT molecular complexity index is 473. The molecule has 0 radical (unpaired) electrons. The highest BCUT2D eigenvalue weighted by Crippen LogP contribution is 2.25. The van der Waals surface area contributed by atoms with Crippen LogP contribution in [0.4, 0.5) is 10.1 Å². The Hall–Kier alpha value is -1.91. The Morgan fingerprint density at radius 2 is 2.11 bits per heavy atom. The number of amides is 2. The van der Waals surface area contributed by atoms with Crippen molar-refractivity contribution in [1.82, 2.24) is 5.32 Å². The predicted octanol–water partition coefficient (Wildman–Crippen LogP) is 1.70. The highest BCUT2D eigenvalue weighted by Gasteiger charge is 2.34. The van der Waals surface area contributed by atoms with Crippen molar-refractivity contribution in [2.24, 2.45) is 5.92 Å². The van der Waals surface area contributed by atoms with E-state index in [-0.39, 0.29) is 30.0 Å². The van der Waals surface area contributed by atoms with Crippen LogP contribution >= 0.6 is 0 Å². The molecule has 1 heterocycles. The summed E-state index contributed by atoms with van der Waals surface area (Å²) in [5, 5.41) is 2.80. The number of halogens is 1. The van der Waals surface area contributed by atoms with Crippen molar-refractivity contribution in [1.29, 1.82) is 0 Å². The molecule has 102 valence electrons. The van der Waals surface area contributed by atoms with Crippen LogP contribution in [0.25, 0.3) is 0 Å². The fourth-order valence-electron chi connectivity index (χ4n) is 2.15. The third-order valence-electron chi connectivity index (χ3n) is 3.18. The summed E-state index contributed by atoms with van der Waals surface area (Å²) in [4.78, 5) is 25.3. The van der Waals surface area contributed by atoms with E-state index in [1.807, 2.05) is 6.92 Å². The number of benzene rings is 1. The van der Waals surface area contributed by atoms with Gasteiger partial charge in [0.15, 0.2) is 0 Å². The summed E-state index contributed by atoms with van der Waals surface area (Å²) in [5.41, 5.74) is 0.636. The van der Waals surface area contributed by atoms with Crippen molar-refractivity contribution in [3.8, 4) is 0 Å². The number of rotatable bonds is 4. The minimum absolute atomic E-state index is 0.0835. The molecule has 1 aliphatic heterocycles. The number of anilines is 1. The fraction of sp³-hybridized carbons (Fsp3) is 0.429. The first-order valence-corrected chi connectivity index (χ1v) is 6.45. The van der Waals surface area contributed by atoms with Crippen molar-refractivity contribution >= 4 is 17.5 Å². The molecule has 1 aromatic rings. The summed E-state index contributed by atoms with van der Waals surface area (Å²) in [6, 6.07) is 5.74. The number of hydrogen-bond donors (Lipinski definition) is 1. The van der Waals surface area contributed by atoms with Crippen molar-refractivity contribution in [2.75, 3.05) is 18.0 Å². The molecule has 1 unspecified atom stereocenters. The second-order valence-electron chi connectivity index (χ2n) is 4.67. The van der Waals surface area contributed by atoms with Crippen LogP contribution < -0.4 is 10.2 Å². The smallest absolute Gasteiger partial charge is 0.227 e. The molecule has 4 nitrogen and oxygen atoms in total. The van der Waals surface area contributed by atoms with Gasteiger partial charge in [-0.25, -0.2) is 4.39 Å². The minimum Gasteiger partial charge on any atom is -0.356 e. The second kappa shape index (κ2) is 5.82. The summed E-state index contributed by atoms with van der Waals surface area (Å²) < 4.78 is 12.8. The topological polar surface area (TPSA) is 49.4 Å². The average molecular weight is 264 g/mol. The van der Waals surface area contributed by atoms with Gasteiger partial charge in [-0.2, -0.15) is 0 Å². The molecule has 2 amide bonds. The number of carbonyl (C=O) groups excluding carboxylic acids is 2. The molecule has 0 spiro atoms. The van der Waals surface area contributed by atoms with Gasteiger partial charge in [0, 0.05) is 25.2 Å². The molecule has 0 bridgehead atoms. The van der Waals surface area contributed by atoms with Crippen molar-refractivity contribution in [3.05, 3.63) is 30.1 Å². The Morgan fingerprint density at radius 1 is 1.42 bits per heavy atom. The van der Waals surface area contributed by atoms with Crippen molar-refractivity contribution in [3.63, 3.8) is 0 Å². The number of hydrogen-bond acceptors (Lipinski definition) is 2. The largest absolute Gasteiger partial charge is 0.356 e. The molecular formula is C14H17FN2O2. The Balaban J connectivity index is 2.03. The standard InChI is InChI=1S/C14H17FN2O2/c1-2-7-16-14(19)10-8-13(18)17(9-10)12-5-3-11(15)4-6-12/h3-6,10H,2,7-9H2,1H3,(H,16,19). The Kier molecular flexibility index (Phi) is 4.14. The lowest BCUT2D eigenvalue weighted by Crippen LogP contribution is -2.33. The van der Waals surface area contributed by atoms with Crippen molar-refractivity contribution in [2.45, 2.75) is 19.8 Å². The van der Waals surface area contributed by atoms with E-state index in [1.54, 1.807) is 12.1 Å². The van der Waals surface area contributed by atoms with Crippen molar-refractivity contribution < 1.29 is 14.0 Å². The molecule has 2 rings (SSSR count). The molecule has 1 saturated heterocycles. The molecule has 1 atom stereocenters. The molecule has 0 saturated carbocycles. The molecule has 1 aromatic carbocycles. The predicted molar refractivity (Wildman–Crippen MR) is 70.2 cm³/mol. The van der Waals surface area contributed by atoms with E-state index in [0.29, 0.717) is 18.8 Å².